The van der Waals surface area contributed by atoms with Gasteiger partial charge in [0.25, 0.3) is 0 Å². The maximum absolute atomic E-state index is 12.4. The van der Waals surface area contributed by atoms with E-state index in [2.05, 4.69) is 5.10 Å². The van der Waals surface area contributed by atoms with Crippen LogP contribution in [-0.2, 0) is 4.79 Å². The van der Waals surface area contributed by atoms with Gasteiger partial charge in [0, 0.05) is 30.5 Å². The molecule has 1 aromatic heterocycles. The van der Waals surface area contributed by atoms with Crippen molar-refractivity contribution in [3.05, 3.63) is 52.8 Å². The van der Waals surface area contributed by atoms with E-state index in [9.17, 15) is 4.79 Å². The van der Waals surface area contributed by atoms with E-state index in [-0.39, 0.29) is 5.91 Å². The molecule has 1 fully saturated rings. The second kappa shape index (κ2) is 7.90. The van der Waals surface area contributed by atoms with Gasteiger partial charge in [-0.25, -0.2) is 4.68 Å². The lowest BCUT2D eigenvalue weighted by molar-refractivity contribution is -0.125. The maximum atomic E-state index is 12.4. The van der Waals surface area contributed by atoms with Crippen LogP contribution in [0.1, 0.15) is 17.7 Å². The molecule has 126 valence electrons. The first-order chi connectivity index (χ1) is 11.7. The Kier molecular flexibility index (Phi) is 5.63. The highest BCUT2D eigenvalue weighted by molar-refractivity contribution is 7.99. The number of thioether (sulfide) groups is 1. The number of hydrogen-bond acceptors (Lipinski definition) is 3. The van der Waals surface area contributed by atoms with E-state index in [1.54, 1.807) is 16.8 Å². The Bertz CT molecular complexity index is 734. The molecule has 1 saturated heterocycles. The molecule has 2 aromatic rings. The standard InChI is InChI=1S/C18H20ClN3OS/c1-14-16(8-9-17(23)21-10-5-12-24-13-11-21)18(19)22(20-14)15-6-3-2-4-7-15/h2-4,6-9H,5,10-13H2,1H3. The Morgan fingerprint density at radius 2 is 2.04 bits per heavy atom. The molecule has 1 aromatic carbocycles. The van der Waals surface area contributed by atoms with E-state index in [1.807, 2.05) is 53.9 Å². The summed E-state index contributed by atoms with van der Waals surface area (Å²) in [6.45, 7) is 3.54. The van der Waals surface area contributed by atoms with Gasteiger partial charge in [0.1, 0.15) is 5.15 Å². The summed E-state index contributed by atoms with van der Waals surface area (Å²) in [5, 5.41) is 5.01. The summed E-state index contributed by atoms with van der Waals surface area (Å²) in [7, 11) is 0. The summed E-state index contributed by atoms with van der Waals surface area (Å²) >= 11 is 8.39. The van der Waals surface area contributed by atoms with Crippen molar-refractivity contribution in [1.29, 1.82) is 0 Å². The minimum Gasteiger partial charge on any atom is -0.338 e. The molecule has 0 spiro atoms. The lowest BCUT2D eigenvalue weighted by Gasteiger charge is -2.17. The summed E-state index contributed by atoms with van der Waals surface area (Å²) < 4.78 is 1.70. The molecule has 0 atom stereocenters. The molecular formula is C18H20ClN3OS. The second-order valence-electron chi connectivity index (χ2n) is 5.66. The van der Waals surface area contributed by atoms with E-state index in [0.29, 0.717) is 5.15 Å². The van der Waals surface area contributed by atoms with Crippen LogP contribution in [0.2, 0.25) is 5.15 Å². The van der Waals surface area contributed by atoms with Gasteiger partial charge in [0.2, 0.25) is 5.91 Å². The molecule has 0 bridgehead atoms. The molecule has 1 aliphatic rings. The van der Waals surface area contributed by atoms with E-state index in [0.717, 1.165) is 48.0 Å². The molecule has 0 saturated carbocycles. The third-order valence-electron chi connectivity index (χ3n) is 3.98. The Hall–Kier alpha value is -1.72. The summed E-state index contributed by atoms with van der Waals surface area (Å²) in [6, 6.07) is 9.74. The first kappa shape index (κ1) is 17.1. The number of hydrogen-bond donors (Lipinski definition) is 0. The van der Waals surface area contributed by atoms with E-state index >= 15 is 0 Å². The number of nitrogens with zero attached hydrogens (tertiary/aromatic N) is 3. The van der Waals surface area contributed by atoms with Crippen LogP contribution in [-0.4, -0.2) is 45.2 Å². The van der Waals surface area contributed by atoms with E-state index < -0.39 is 0 Å². The van der Waals surface area contributed by atoms with Crippen LogP contribution in [0.4, 0.5) is 0 Å². The lowest BCUT2D eigenvalue weighted by atomic mass is 10.2. The molecule has 6 heteroatoms. The number of rotatable bonds is 3. The van der Waals surface area contributed by atoms with Gasteiger partial charge in [-0.1, -0.05) is 29.8 Å². The maximum Gasteiger partial charge on any atom is 0.246 e. The van der Waals surface area contributed by atoms with Crippen molar-refractivity contribution in [2.24, 2.45) is 0 Å². The molecule has 0 radical (unpaired) electrons. The SMILES string of the molecule is Cc1nn(-c2ccccc2)c(Cl)c1C=CC(=O)N1CCCSCC1. The minimum absolute atomic E-state index is 0.0421. The third kappa shape index (κ3) is 3.84. The van der Waals surface area contributed by atoms with Gasteiger partial charge < -0.3 is 4.90 Å². The van der Waals surface area contributed by atoms with Crippen LogP contribution in [0, 0.1) is 6.92 Å². The number of carbonyl (C=O) groups excluding carboxylic acids is 1. The van der Waals surface area contributed by atoms with Gasteiger partial charge in [0.15, 0.2) is 0 Å². The van der Waals surface area contributed by atoms with Gasteiger partial charge >= 0.3 is 0 Å². The predicted molar refractivity (Wildman–Crippen MR) is 101 cm³/mol. The molecular weight excluding hydrogens is 342 g/mol. The van der Waals surface area contributed by atoms with Crippen LogP contribution in [0.5, 0.6) is 0 Å². The molecule has 24 heavy (non-hydrogen) atoms. The smallest absolute Gasteiger partial charge is 0.246 e. The second-order valence-corrected chi connectivity index (χ2v) is 7.24. The minimum atomic E-state index is 0.0421. The van der Waals surface area contributed by atoms with Crippen LogP contribution in [0.25, 0.3) is 11.8 Å². The highest BCUT2D eigenvalue weighted by atomic mass is 35.5. The molecule has 0 unspecified atom stereocenters. The predicted octanol–water partition coefficient (Wildman–Crippen LogP) is 3.81. The van der Waals surface area contributed by atoms with Crippen LogP contribution in [0.15, 0.2) is 36.4 Å². The van der Waals surface area contributed by atoms with E-state index in [4.69, 9.17) is 11.6 Å². The highest BCUT2D eigenvalue weighted by Crippen LogP contribution is 2.24. The quantitative estimate of drug-likeness (QED) is 0.780. The van der Waals surface area contributed by atoms with Crippen molar-refractivity contribution in [3.8, 4) is 5.69 Å². The molecule has 1 aliphatic heterocycles. The Balaban J connectivity index is 1.80. The number of carbonyl (C=O) groups is 1. The van der Waals surface area contributed by atoms with Crippen molar-refractivity contribution in [2.75, 3.05) is 24.6 Å². The molecule has 0 aliphatic carbocycles. The van der Waals surface area contributed by atoms with Gasteiger partial charge in [0.05, 0.1) is 11.4 Å². The number of halogens is 1. The molecule has 0 N–H and O–H groups in total. The number of amides is 1. The third-order valence-corrected chi connectivity index (χ3v) is 5.39. The number of para-hydroxylation sites is 1. The van der Waals surface area contributed by atoms with Crippen LogP contribution in [0.3, 0.4) is 0 Å². The Morgan fingerprint density at radius 3 is 2.83 bits per heavy atom. The van der Waals surface area contributed by atoms with Gasteiger partial charge in [-0.3, -0.25) is 4.79 Å². The summed E-state index contributed by atoms with van der Waals surface area (Å²) in [6.07, 6.45) is 4.45. The largest absolute Gasteiger partial charge is 0.338 e. The average molecular weight is 362 g/mol. The Morgan fingerprint density at radius 1 is 1.25 bits per heavy atom. The molecule has 3 rings (SSSR count). The zero-order valence-electron chi connectivity index (χ0n) is 13.6. The Labute approximate surface area is 151 Å². The fourth-order valence-corrected chi connectivity index (χ4v) is 3.89. The molecule has 2 heterocycles. The first-order valence-electron chi connectivity index (χ1n) is 8.02. The number of benzene rings is 1. The van der Waals surface area contributed by atoms with Crippen LogP contribution < -0.4 is 0 Å². The summed E-state index contributed by atoms with van der Waals surface area (Å²) in [5.74, 6) is 2.17. The molecule has 1 amide bonds. The number of aromatic nitrogens is 2. The van der Waals surface area contributed by atoms with Crippen LogP contribution >= 0.6 is 23.4 Å². The van der Waals surface area contributed by atoms with Crippen molar-refractivity contribution >= 4 is 35.3 Å². The van der Waals surface area contributed by atoms with Crippen molar-refractivity contribution in [1.82, 2.24) is 14.7 Å². The van der Waals surface area contributed by atoms with Gasteiger partial charge in [-0.2, -0.15) is 16.9 Å². The molecule has 4 nitrogen and oxygen atoms in total. The lowest BCUT2D eigenvalue weighted by Crippen LogP contribution is -2.31. The normalized spacial score (nSPS) is 15.7. The average Bonchev–Trinajstić information content (AvgIpc) is 2.79. The van der Waals surface area contributed by atoms with Gasteiger partial charge in [-0.15, -0.1) is 0 Å². The van der Waals surface area contributed by atoms with Crippen molar-refractivity contribution in [3.63, 3.8) is 0 Å². The monoisotopic (exact) mass is 361 g/mol. The first-order valence-corrected chi connectivity index (χ1v) is 9.55. The summed E-state index contributed by atoms with van der Waals surface area (Å²) in [4.78, 5) is 14.3. The zero-order valence-corrected chi connectivity index (χ0v) is 15.2. The topological polar surface area (TPSA) is 38.1 Å². The fraction of sp³-hybridized carbons (Fsp3) is 0.333. The van der Waals surface area contributed by atoms with E-state index in [1.165, 1.54) is 0 Å². The number of aryl methyl sites for hydroxylation is 1. The summed E-state index contributed by atoms with van der Waals surface area (Å²) in [5.41, 5.74) is 2.50. The van der Waals surface area contributed by atoms with Crippen molar-refractivity contribution in [2.45, 2.75) is 13.3 Å². The zero-order chi connectivity index (χ0) is 16.9. The highest BCUT2D eigenvalue weighted by Gasteiger charge is 2.15. The van der Waals surface area contributed by atoms with Crippen molar-refractivity contribution < 1.29 is 4.79 Å². The van der Waals surface area contributed by atoms with Gasteiger partial charge in [-0.05, 0) is 37.3 Å². The fourth-order valence-electron chi connectivity index (χ4n) is 2.67.